The number of carbonyl (C=O) groups is 1. The molecule has 0 radical (unpaired) electrons. The fraction of sp³-hybridized carbons (Fsp3) is 0.880. The molecule has 4 heteroatoms. The number of hydrogen-bond acceptors (Lipinski definition) is 4. The molecule has 1 heterocycles. The van der Waals surface area contributed by atoms with Gasteiger partial charge in [0.15, 0.2) is 0 Å². The first-order valence-corrected chi connectivity index (χ1v) is 12.3. The smallest absolute Gasteiger partial charge is 0.305 e. The summed E-state index contributed by atoms with van der Waals surface area (Å²) in [6.45, 7) is 3.89. The first kappa shape index (κ1) is 24.4. The number of rotatable bonds is 17. The van der Waals surface area contributed by atoms with E-state index in [0.29, 0.717) is 26.2 Å². The predicted octanol–water partition coefficient (Wildman–Crippen LogP) is 6.52. The zero-order chi connectivity index (χ0) is 20.6. The van der Waals surface area contributed by atoms with E-state index >= 15 is 0 Å². The summed E-state index contributed by atoms with van der Waals surface area (Å²) >= 11 is 0. The van der Waals surface area contributed by atoms with E-state index in [1.807, 2.05) is 0 Å². The molecule has 0 amide bonds. The average Bonchev–Trinajstić information content (AvgIpc) is 3.50. The molecule has 1 saturated heterocycles. The third kappa shape index (κ3) is 10.6. The minimum Gasteiger partial charge on any atom is -0.463 e. The van der Waals surface area contributed by atoms with E-state index in [-0.39, 0.29) is 17.7 Å². The van der Waals surface area contributed by atoms with Gasteiger partial charge in [0.2, 0.25) is 0 Å². The zero-order valence-corrected chi connectivity index (χ0v) is 18.8. The summed E-state index contributed by atoms with van der Waals surface area (Å²) in [5.74, 6) is -0.0902. The van der Waals surface area contributed by atoms with Crippen LogP contribution in [-0.2, 0) is 19.0 Å². The fourth-order valence-corrected chi connectivity index (χ4v) is 4.05. The predicted molar refractivity (Wildman–Crippen MR) is 118 cm³/mol. The number of allylic oxidation sites excluding steroid dienone is 2. The van der Waals surface area contributed by atoms with Crippen LogP contribution in [0.3, 0.4) is 0 Å². The summed E-state index contributed by atoms with van der Waals surface area (Å²) in [5.41, 5.74) is -0.137. The van der Waals surface area contributed by atoms with Crippen LogP contribution < -0.4 is 0 Å². The quantitative estimate of drug-likeness (QED) is 0.156. The Morgan fingerprint density at radius 1 is 0.897 bits per heavy atom. The van der Waals surface area contributed by atoms with E-state index in [4.69, 9.17) is 14.2 Å². The molecule has 0 aromatic carbocycles. The summed E-state index contributed by atoms with van der Waals surface area (Å²) in [5, 5.41) is 0. The summed E-state index contributed by atoms with van der Waals surface area (Å²) < 4.78 is 16.9. The highest BCUT2D eigenvalue weighted by molar-refractivity contribution is 5.69. The molecule has 2 aliphatic rings. The molecule has 1 unspecified atom stereocenters. The lowest BCUT2D eigenvalue weighted by Crippen LogP contribution is -2.43. The second kappa shape index (κ2) is 15.0. The SMILES string of the molecule is CCCCCCCC/C=C\CCCCCCCC(=O)OCC1OCCOC12CC2. The highest BCUT2D eigenvalue weighted by Crippen LogP contribution is 2.45. The van der Waals surface area contributed by atoms with Crippen molar-refractivity contribution in [1.82, 2.24) is 0 Å². The van der Waals surface area contributed by atoms with E-state index in [0.717, 1.165) is 25.7 Å². The van der Waals surface area contributed by atoms with E-state index < -0.39 is 0 Å². The summed E-state index contributed by atoms with van der Waals surface area (Å²) in [7, 11) is 0. The summed E-state index contributed by atoms with van der Waals surface area (Å²) in [6, 6.07) is 0. The van der Waals surface area contributed by atoms with Gasteiger partial charge in [-0.05, 0) is 44.9 Å². The molecule has 0 aromatic heterocycles. The van der Waals surface area contributed by atoms with Crippen LogP contribution in [0.15, 0.2) is 12.2 Å². The molecule has 0 aromatic rings. The maximum Gasteiger partial charge on any atom is 0.305 e. The highest BCUT2D eigenvalue weighted by Gasteiger charge is 2.53. The van der Waals surface area contributed by atoms with Crippen LogP contribution in [0, 0.1) is 0 Å². The van der Waals surface area contributed by atoms with Crippen molar-refractivity contribution in [3.63, 3.8) is 0 Å². The Morgan fingerprint density at radius 2 is 1.52 bits per heavy atom. The van der Waals surface area contributed by atoms with Crippen molar-refractivity contribution in [3.05, 3.63) is 12.2 Å². The molecule has 168 valence electrons. The summed E-state index contributed by atoms with van der Waals surface area (Å²) in [4.78, 5) is 11.9. The standard InChI is InChI=1S/C25H44O4/c1-2-3-4-5-6-7-8-9-10-11-12-13-14-15-16-17-24(26)28-22-23-25(18-19-25)29-21-20-27-23/h9-10,23H,2-8,11-22H2,1H3/b10-9-. The minimum absolute atomic E-state index is 0.0608. The lowest BCUT2D eigenvalue weighted by molar-refractivity contribution is -0.181. The van der Waals surface area contributed by atoms with E-state index in [1.165, 1.54) is 70.6 Å². The molecule has 1 saturated carbocycles. The molecule has 2 rings (SSSR count). The molecule has 1 atom stereocenters. The van der Waals surface area contributed by atoms with Crippen molar-refractivity contribution in [3.8, 4) is 0 Å². The van der Waals surface area contributed by atoms with Crippen molar-refractivity contribution < 1.29 is 19.0 Å². The van der Waals surface area contributed by atoms with Crippen LogP contribution >= 0.6 is 0 Å². The topological polar surface area (TPSA) is 44.8 Å². The van der Waals surface area contributed by atoms with Crippen molar-refractivity contribution in [2.75, 3.05) is 19.8 Å². The van der Waals surface area contributed by atoms with Crippen LogP contribution in [0.25, 0.3) is 0 Å². The van der Waals surface area contributed by atoms with E-state index in [2.05, 4.69) is 19.1 Å². The lowest BCUT2D eigenvalue weighted by Gasteiger charge is -2.31. The molecule has 29 heavy (non-hydrogen) atoms. The van der Waals surface area contributed by atoms with Crippen molar-refractivity contribution in [2.45, 2.75) is 121 Å². The minimum atomic E-state index is -0.137. The largest absolute Gasteiger partial charge is 0.463 e. The molecular weight excluding hydrogens is 364 g/mol. The number of unbranched alkanes of at least 4 members (excludes halogenated alkanes) is 11. The Morgan fingerprint density at radius 3 is 2.17 bits per heavy atom. The molecule has 1 spiro atoms. The van der Waals surface area contributed by atoms with Gasteiger partial charge in [0, 0.05) is 6.42 Å². The Labute approximate surface area is 178 Å². The van der Waals surface area contributed by atoms with Gasteiger partial charge in [0.1, 0.15) is 12.7 Å². The van der Waals surface area contributed by atoms with Gasteiger partial charge in [-0.15, -0.1) is 0 Å². The Bertz CT molecular complexity index is 456. The number of ether oxygens (including phenoxy) is 3. The normalized spacial score (nSPS) is 20.4. The third-order valence-corrected chi connectivity index (χ3v) is 6.16. The van der Waals surface area contributed by atoms with Gasteiger partial charge < -0.3 is 14.2 Å². The highest BCUT2D eigenvalue weighted by atomic mass is 16.6. The van der Waals surface area contributed by atoms with Crippen molar-refractivity contribution in [1.29, 1.82) is 0 Å². The zero-order valence-electron chi connectivity index (χ0n) is 18.8. The Balaban J connectivity index is 1.32. The van der Waals surface area contributed by atoms with Crippen LogP contribution in [0.1, 0.15) is 110 Å². The van der Waals surface area contributed by atoms with Gasteiger partial charge in [-0.25, -0.2) is 0 Å². The van der Waals surface area contributed by atoms with Gasteiger partial charge in [0.05, 0.1) is 18.8 Å². The molecule has 1 aliphatic carbocycles. The Hall–Kier alpha value is -0.870. The van der Waals surface area contributed by atoms with Gasteiger partial charge >= 0.3 is 5.97 Å². The van der Waals surface area contributed by atoms with E-state index in [9.17, 15) is 4.79 Å². The van der Waals surface area contributed by atoms with Crippen molar-refractivity contribution in [2.24, 2.45) is 0 Å². The van der Waals surface area contributed by atoms with Gasteiger partial charge in [0.25, 0.3) is 0 Å². The Kier molecular flexibility index (Phi) is 12.6. The maximum absolute atomic E-state index is 11.9. The first-order chi connectivity index (χ1) is 14.3. The molecule has 2 fully saturated rings. The average molecular weight is 409 g/mol. The van der Waals surface area contributed by atoms with Gasteiger partial charge in [-0.1, -0.05) is 70.4 Å². The molecule has 0 bridgehead atoms. The van der Waals surface area contributed by atoms with Crippen LogP contribution in [0.2, 0.25) is 0 Å². The molecule has 4 nitrogen and oxygen atoms in total. The van der Waals surface area contributed by atoms with E-state index in [1.54, 1.807) is 0 Å². The number of carbonyl (C=O) groups excluding carboxylic acids is 1. The molecular formula is C25H44O4. The van der Waals surface area contributed by atoms with Gasteiger partial charge in [-0.2, -0.15) is 0 Å². The van der Waals surface area contributed by atoms with Gasteiger partial charge in [-0.3, -0.25) is 4.79 Å². The molecule has 1 aliphatic heterocycles. The second-order valence-corrected chi connectivity index (χ2v) is 8.79. The maximum atomic E-state index is 11.9. The van der Waals surface area contributed by atoms with Crippen LogP contribution in [-0.4, -0.2) is 37.5 Å². The third-order valence-electron chi connectivity index (χ3n) is 6.16. The summed E-state index contributed by atoms with van der Waals surface area (Å²) in [6.07, 6.45) is 23.7. The fourth-order valence-electron chi connectivity index (χ4n) is 4.05. The number of hydrogen-bond donors (Lipinski definition) is 0. The lowest BCUT2D eigenvalue weighted by atomic mass is 10.1. The number of esters is 1. The first-order valence-electron chi connectivity index (χ1n) is 12.3. The second-order valence-electron chi connectivity index (χ2n) is 8.79. The van der Waals surface area contributed by atoms with Crippen LogP contribution in [0.4, 0.5) is 0 Å². The van der Waals surface area contributed by atoms with Crippen molar-refractivity contribution >= 4 is 5.97 Å². The van der Waals surface area contributed by atoms with Crippen LogP contribution in [0.5, 0.6) is 0 Å². The monoisotopic (exact) mass is 408 g/mol. The molecule has 0 N–H and O–H groups in total.